The van der Waals surface area contributed by atoms with E-state index in [1.165, 1.54) is 0 Å². The molecule has 0 bridgehead atoms. The van der Waals surface area contributed by atoms with Crippen molar-refractivity contribution in [3.63, 3.8) is 0 Å². The third-order valence-corrected chi connectivity index (χ3v) is 4.05. The van der Waals surface area contributed by atoms with Crippen molar-refractivity contribution in [2.24, 2.45) is 0 Å². The highest BCUT2D eigenvalue weighted by atomic mass is 16.5. The summed E-state index contributed by atoms with van der Waals surface area (Å²) >= 11 is 0. The van der Waals surface area contributed by atoms with Gasteiger partial charge in [-0.1, -0.05) is 6.07 Å². The van der Waals surface area contributed by atoms with Crippen LogP contribution < -0.4 is 14.8 Å². The molecular formula is C18H26N2O6. The molecular weight excluding hydrogens is 340 g/mol. The fourth-order valence-corrected chi connectivity index (χ4v) is 2.56. The molecule has 1 fully saturated rings. The second-order valence-corrected chi connectivity index (χ2v) is 5.96. The maximum atomic E-state index is 11.6. The number of carbonyl (C=O) groups excluding carboxylic acids is 1. The van der Waals surface area contributed by atoms with E-state index in [1.807, 2.05) is 18.2 Å². The Kier molecular flexibility index (Phi) is 8.17. The molecule has 8 heteroatoms. The first-order valence-electron chi connectivity index (χ1n) is 8.67. The fourth-order valence-electron chi connectivity index (χ4n) is 2.56. The Balaban J connectivity index is 1.80. The summed E-state index contributed by atoms with van der Waals surface area (Å²) in [5.41, 5.74) is 0.853. The number of carbonyl (C=O) groups is 2. The van der Waals surface area contributed by atoms with Crippen LogP contribution in [0.4, 0.5) is 0 Å². The zero-order chi connectivity index (χ0) is 18.8. The molecule has 0 aliphatic carbocycles. The second kappa shape index (κ2) is 10.6. The highest BCUT2D eigenvalue weighted by Gasteiger charge is 2.12. The molecule has 0 unspecified atom stereocenters. The van der Waals surface area contributed by atoms with Crippen molar-refractivity contribution in [2.75, 3.05) is 46.6 Å². The Labute approximate surface area is 153 Å². The van der Waals surface area contributed by atoms with Crippen LogP contribution in [0.3, 0.4) is 0 Å². The van der Waals surface area contributed by atoms with E-state index in [9.17, 15) is 9.59 Å². The highest BCUT2D eigenvalue weighted by Crippen LogP contribution is 2.28. The van der Waals surface area contributed by atoms with Gasteiger partial charge in [0.25, 0.3) is 0 Å². The summed E-state index contributed by atoms with van der Waals surface area (Å²) in [6.45, 7) is 5.05. The van der Waals surface area contributed by atoms with Crippen molar-refractivity contribution in [3.8, 4) is 11.5 Å². The summed E-state index contributed by atoms with van der Waals surface area (Å²) < 4.78 is 16.5. The standard InChI is InChI=1S/C18H26N2O6/c1-24-16-12-14(13-19-17(21)4-5-18(22)23)2-3-15(16)26-11-8-20-6-9-25-10-7-20/h2-3,12H,4-11,13H2,1H3,(H,19,21)(H,22,23). The number of methoxy groups -OCH3 is 1. The van der Waals surface area contributed by atoms with Crippen molar-refractivity contribution >= 4 is 11.9 Å². The van der Waals surface area contributed by atoms with Crippen LogP contribution in [0.5, 0.6) is 11.5 Å². The normalized spacial score (nSPS) is 14.7. The van der Waals surface area contributed by atoms with Gasteiger partial charge in [-0.3, -0.25) is 14.5 Å². The second-order valence-electron chi connectivity index (χ2n) is 5.96. The van der Waals surface area contributed by atoms with Crippen molar-refractivity contribution in [2.45, 2.75) is 19.4 Å². The number of hydrogen-bond acceptors (Lipinski definition) is 6. The molecule has 8 nitrogen and oxygen atoms in total. The van der Waals surface area contributed by atoms with Crippen molar-refractivity contribution in [1.29, 1.82) is 0 Å². The Morgan fingerprint density at radius 1 is 1.23 bits per heavy atom. The van der Waals surface area contributed by atoms with Crippen LogP contribution in [0.1, 0.15) is 18.4 Å². The lowest BCUT2D eigenvalue weighted by Crippen LogP contribution is -2.38. The van der Waals surface area contributed by atoms with Gasteiger partial charge in [0.15, 0.2) is 11.5 Å². The van der Waals surface area contributed by atoms with Crippen LogP contribution in [0.25, 0.3) is 0 Å². The predicted molar refractivity (Wildman–Crippen MR) is 94.5 cm³/mol. The SMILES string of the molecule is COc1cc(CNC(=O)CCC(=O)O)ccc1OCCN1CCOCC1. The summed E-state index contributed by atoms with van der Waals surface area (Å²) in [5, 5.41) is 11.3. The summed E-state index contributed by atoms with van der Waals surface area (Å²) in [5.74, 6) is -0.0245. The average molecular weight is 366 g/mol. The number of carboxylic acids is 1. The van der Waals surface area contributed by atoms with E-state index in [2.05, 4.69) is 10.2 Å². The molecule has 2 N–H and O–H groups in total. The molecule has 1 amide bonds. The zero-order valence-corrected chi connectivity index (χ0v) is 15.0. The van der Waals surface area contributed by atoms with E-state index < -0.39 is 5.97 Å². The van der Waals surface area contributed by atoms with Crippen molar-refractivity contribution in [3.05, 3.63) is 23.8 Å². The number of nitrogens with zero attached hydrogens (tertiary/aromatic N) is 1. The van der Waals surface area contributed by atoms with Gasteiger partial charge < -0.3 is 24.6 Å². The molecule has 1 aliphatic rings. The van der Waals surface area contributed by atoms with Crippen LogP contribution in [-0.2, 0) is 20.9 Å². The van der Waals surface area contributed by atoms with E-state index in [-0.39, 0.29) is 18.7 Å². The number of carboxylic acid groups (broad SMARTS) is 1. The molecule has 0 atom stereocenters. The largest absolute Gasteiger partial charge is 0.493 e. The Morgan fingerprint density at radius 3 is 2.69 bits per heavy atom. The van der Waals surface area contributed by atoms with E-state index in [4.69, 9.17) is 19.3 Å². The van der Waals surface area contributed by atoms with Crippen molar-refractivity contribution < 1.29 is 28.9 Å². The number of ether oxygens (including phenoxy) is 3. The molecule has 1 aromatic carbocycles. The van der Waals surface area contributed by atoms with E-state index >= 15 is 0 Å². The molecule has 144 valence electrons. The quantitative estimate of drug-likeness (QED) is 0.635. The van der Waals surface area contributed by atoms with Gasteiger partial charge in [0.05, 0.1) is 26.7 Å². The molecule has 0 saturated carbocycles. The van der Waals surface area contributed by atoms with Gasteiger partial charge >= 0.3 is 5.97 Å². The molecule has 1 aliphatic heterocycles. The minimum Gasteiger partial charge on any atom is -0.493 e. The number of aliphatic carboxylic acids is 1. The Morgan fingerprint density at radius 2 is 2.00 bits per heavy atom. The number of benzene rings is 1. The lowest BCUT2D eigenvalue weighted by atomic mass is 10.2. The highest BCUT2D eigenvalue weighted by molar-refractivity contribution is 5.80. The fraction of sp³-hybridized carbons (Fsp3) is 0.556. The summed E-state index contributed by atoms with van der Waals surface area (Å²) in [6.07, 6.45) is -0.208. The van der Waals surface area contributed by atoms with Gasteiger partial charge in [-0.15, -0.1) is 0 Å². The molecule has 0 spiro atoms. The number of amides is 1. The minimum atomic E-state index is -0.986. The van der Waals surface area contributed by atoms with Gasteiger partial charge in [0.2, 0.25) is 5.91 Å². The van der Waals surface area contributed by atoms with Crippen LogP contribution >= 0.6 is 0 Å². The Hall–Kier alpha value is -2.32. The number of morpholine rings is 1. The monoisotopic (exact) mass is 366 g/mol. The predicted octanol–water partition coefficient (Wildman–Crippen LogP) is 0.887. The topological polar surface area (TPSA) is 97.3 Å². The molecule has 2 rings (SSSR count). The molecule has 1 heterocycles. The molecule has 1 saturated heterocycles. The summed E-state index contributed by atoms with van der Waals surface area (Å²) in [6, 6.07) is 5.47. The number of hydrogen-bond donors (Lipinski definition) is 2. The molecule has 26 heavy (non-hydrogen) atoms. The molecule has 1 aromatic rings. The van der Waals surface area contributed by atoms with Gasteiger partial charge in [-0.05, 0) is 17.7 Å². The Bertz CT molecular complexity index is 601. The van der Waals surface area contributed by atoms with Crippen LogP contribution in [0.2, 0.25) is 0 Å². The van der Waals surface area contributed by atoms with Gasteiger partial charge in [-0.2, -0.15) is 0 Å². The first-order chi connectivity index (χ1) is 12.6. The van der Waals surface area contributed by atoms with Crippen LogP contribution in [0, 0.1) is 0 Å². The van der Waals surface area contributed by atoms with Gasteiger partial charge in [0.1, 0.15) is 6.61 Å². The van der Waals surface area contributed by atoms with E-state index in [0.717, 1.165) is 38.4 Å². The first kappa shape index (κ1) is 20.0. The maximum absolute atomic E-state index is 11.6. The molecule has 0 radical (unpaired) electrons. The zero-order valence-electron chi connectivity index (χ0n) is 15.0. The lowest BCUT2D eigenvalue weighted by molar-refractivity contribution is -0.138. The third-order valence-electron chi connectivity index (χ3n) is 4.05. The average Bonchev–Trinajstić information content (AvgIpc) is 2.66. The number of nitrogens with one attached hydrogen (secondary N) is 1. The van der Waals surface area contributed by atoms with Crippen LogP contribution in [-0.4, -0.2) is 68.4 Å². The number of rotatable bonds is 10. The summed E-state index contributed by atoms with van der Waals surface area (Å²) in [4.78, 5) is 24.3. The van der Waals surface area contributed by atoms with Crippen molar-refractivity contribution in [1.82, 2.24) is 10.2 Å². The smallest absolute Gasteiger partial charge is 0.303 e. The van der Waals surface area contributed by atoms with E-state index in [0.29, 0.717) is 24.7 Å². The van der Waals surface area contributed by atoms with E-state index in [1.54, 1.807) is 7.11 Å². The van der Waals surface area contributed by atoms with Gasteiger partial charge in [0, 0.05) is 32.6 Å². The molecule has 0 aromatic heterocycles. The first-order valence-corrected chi connectivity index (χ1v) is 8.67. The third kappa shape index (κ3) is 6.89. The maximum Gasteiger partial charge on any atom is 0.303 e. The summed E-state index contributed by atoms with van der Waals surface area (Å²) in [7, 11) is 1.57. The van der Waals surface area contributed by atoms with Gasteiger partial charge in [-0.25, -0.2) is 0 Å². The minimum absolute atomic E-state index is 0.0325. The van der Waals surface area contributed by atoms with Crippen LogP contribution in [0.15, 0.2) is 18.2 Å². The lowest BCUT2D eigenvalue weighted by Gasteiger charge is -2.26.